The summed E-state index contributed by atoms with van der Waals surface area (Å²) in [6.07, 6.45) is 3.16. The molecule has 0 bridgehead atoms. The Labute approximate surface area is 82.5 Å². The van der Waals surface area contributed by atoms with Gasteiger partial charge in [-0.05, 0) is 11.1 Å². The molecule has 13 heavy (non-hydrogen) atoms. The zero-order valence-electron chi connectivity index (χ0n) is 10.1. The fraction of sp³-hybridized carbons (Fsp3) is 0.0833. The molecular formula is C12H12N+. The Hall–Kier alpha value is -1.63. The number of aromatic nitrogens is 1. The SMILES string of the molecule is [2H]C([2H])([2H])[n+]1ccc(-c2ccccc2)cc1. The van der Waals surface area contributed by atoms with Gasteiger partial charge in [-0.1, -0.05) is 30.3 Å². The quantitative estimate of drug-likeness (QED) is 0.582. The molecule has 0 atom stereocenters. The standard InChI is InChI=1S/C12H12N/c1-13-9-7-12(8-10-13)11-5-3-2-4-6-11/h2-10H,1H3/q+1/i1D3. The van der Waals surface area contributed by atoms with Gasteiger partial charge < -0.3 is 0 Å². The molecule has 0 saturated heterocycles. The molecule has 1 nitrogen and oxygen atoms in total. The highest BCUT2D eigenvalue weighted by Crippen LogP contribution is 2.16. The molecule has 1 aromatic carbocycles. The fourth-order valence-electron chi connectivity index (χ4n) is 1.25. The molecule has 1 aromatic heterocycles. The minimum atomic E-state index is -2.10. The summed E-state index contributed by atoms with van der Waals surface area (Å²) < 4.78 is 23.0. The summed E-state index contributed by atoms with van der Waals surface area (Å²) in [6, 6.07) is 13.5. The Bertz CT molecular complexity index is 460. The minimum absolute atomic E-state index is 1.01. The smallest absolute Gasteiger partial charge is 0.169 e. The number of nitrogens with zero attached hydrogens (tertiary/aromatic N) is 1. The van der Waals surface area contributed by atoms with Crippen molar-refractivity contribution in [1.29, 1.82) is 0 Å². The van der Waals surface area contributed by atoms with Crippen molar-refractivity contribution in [1.82, 2.24) is 0 Å². The Kier molecular flexibility index (Phi) is 1.35. The van der Waals surface area contributed by atoms with E-state index in [2.05, 4.69) is 0 Å². The van der Waals surface area contributed by atoms with Gasteiger partial charge in [0, 0.05) is 12.1 Å². The molecule has 2 rings (SSSR count). The van der Waals surface area contributed by atoms with Crippen LogP contribution < -0.4 is 4.57 Å². The second kappa shape index (κ2) is 3.40. The van der Waals surface area contributed by atoms with Gasteiger partial charge in [-0.15, -0.1) is 0 Å². The lowest BCUT2D eigenvalue weighted by Crippen LogP contribution is -2.25. The number of pyridine rings is 1. The molecule has 0 unspecified atom stereocenters. The Morgan fingerprint density at radius 1 is 0.923 bits per heavy atom. The van der Waals surface area contributed by atoms with Gasteiger partial charge >= 0.3 is 0 Å². The van der Waals surface area contributed by atoms with Crippen LogP contribution in [0, 0.1) is 0 Å². The molecule has 0 fully saturated rings. The number of aryl methyl sites for hydroxylation is 1. The maximum Gasteiger partial charge on any atom is 0.169 e. The Morgan fingerprint density at radius 2 is 1.54 bits per heavy atom. The third-order valence-electron chi connectivity index (χ3n) is 1.94. The Balaban J connectivity index is 2.34. The van der Waals surface area contributed by atoms with Crippen LogP contribution in [-0.4, -0.2) is 0 Å². The first-order valence-electron chi connectivity index (χ1n) is 5.64. The lowest BCUT2D eigenvalue weighted by atomic mass is 10.1. The van der Waals surface area contributed by atoms with Crippen LogP contribution >= 0.6 is 0 Å². The van der Waals surface area contributed by atoms with Crippen molar-refractivity contribution in [3.63, 3.8) is 0 Å². The van der Waals surface area contributed by atoms with Gasteiger partial charge in [0.2, 0.25) is 0 Å². The highest BCUT2D eigenvalue weighted by atomic mass is 14.9. The maximum absolute atomic E-state index is 7.24. The molecule has 0 N–H and O–H groups in total. The van der Waals surface area contributed by atoms with Crippen LogP contribution in [0.4, 0.5) is 0 Å². The van der Waals surface area contributed by atoms with Gasteiger partial charge in [0.1, 0.15) is 11.1 Å². The van der Waals surface area contributed by atoms with E-state index in [1.54, 1.807) is 12.4 Å². The van der Waals surface area contributed by atoms with Crippen LogP contribution in [-0.2, 0) is 6.98 Å². The summed E-state index contributed by atoms with van der Waals surface area (Å²) in [7, 11) is 0. The van der Waals surface area contributed by atoms with E-state index in [-0.39, 0.29) is 0 Å². The van der Waals surface area contributed by atoms with Crippen LogP contribution in [0.3, 0.4) is 0 Å². The maximum atomic E-state index is 7.24. The van der Waals surface area contributed by atoms with Gasteiger partial charge in [-0.3, -0.25) is 0 Å². The first-order chi connectivity index (χ1) is 7.57. The second-order valence-corrected chi connectivity index (χ2v) is 2.86. The molecular weight excluding hydrogens is 158 g/mol. The molecule has 0 aliphatic carbocycles. The highest BCUT2D eigenvalue weighted by Gasteiger charge is 1.97. The predicted octanol–water partition coefficient (Wildman–Crippen LogP) is 2.18. The van der Waals surface area contributed by atoms with Gasteiger partial charge in [-0.25, -0.2) is 4.57 Å². The van der Waals surface area contributed by atoms with Crippen LogP contribution in [0.1, 0.15) is 4.11 Å². The van der Waals surface area contributed by atoms with Crippen molar-refractivity contribution >= 4 is 0 Å². The first-order valence-corrected chi connectivity index (χ1v) is 4.14. The molecule has 0 radical (unpaired) electrons. The van der Waals surface area contributed by atoms with Crippen molar-refractivity contribution in [2.24, 2.45) is 6.98 Å². The molecule has 0 spiro atoms. The number of hydrogen-bond donors (Lipinski definition) is 0. The van der Waals surface area contributed by atoms with E-state index in [1.165, 1.54) is 4.57 Å². The third-order valence-corrected chi connectivity index (χ3v) is 1.94. The molecule has 0 amide bonds. The molecule has 0 saturated carbocycles. The number of hydrogen-bond acceptors (Lipinski definition) is 0. The molecule has 0 aliphatic rings. The summed E-state index contributed by atoms with van der Waals surface area (Å²) in [5.74, 6) is 0. The van der Waals surface area contributed by atoms with E-state index in [4.69, 9.17) is 4.11 Å². The van der Waals surface area contributed by atoms with Crippen LogP contribution in [0.15, 0.2) is 54.9 Å². The van der Waals surface area contributed by atoms with Crippen molar-refractivity contribution in [3.8, 4) is 11.1 Å². The number of benzene rings is 1. The van der Waals surface area contributed by atoms with E-state index >= 15 is 0 Å². The zero-order valence-corrected chi connectivity index (χ0v) is 7.14. The van der Waals surface area contributed by atoms with Crippen molar-refractivity contribution in [3.05, 3.63) is 54.9 Å². The van der Waals surface area contributed by atoms with Crippen molar-refractivity contribution < 1.29 is 8.68 Å². The average molecular weight is 173 g/mol. The van der Waals surface area contributed by atoms with Crippen LogP contribution in [0.2, 0.25) is 0 Å². The summed E-state index contributed by atoms with van der Waals surface area (Å²) in [6.45, 7) is -2.10. The highest BCUT2D eigenvalue weighted by molar-refractivity contribution is 5.61. The van der Waals surface area contributed by atoms with Crippen LogP contribution in [0.25, 0.3) is 11.1 Å². The zero-order chi connectivity index (χ0) is 11.6. The second-order valence-electron chi connectivity index (χ2n) is 2.86. The molecule has 1 heterocycles. The van der Waals surface area contributed by atoms with Gasteiger partial charge in [-0.2, -0.15) is 0 Å². The van der Waals surface area contributed by atoms with Gasteiger partial charge in [0.15, 0.2) is 12.4 Å². The average Bonchev–Trinajstić information content (AvgIpc) is 2.29. The fourth-order valence-corrected chi connectivity index (χ4v) is 1.25. The number of rotatable bonds is 1. The molecule has 1 heteroatoms. The van der Waals surface area contributed by atoms with Gasteiger partial charge in [0.05, 0.1) is 0 Å². The molecule has 64 valence electrons. The van der Waals surface area contributed by atoms with E-state index < -0.39 is 6.98 Å². The normalized spacial score (nSPS) is 14.3. The summed E-state index contributed by atoms with van der Waals surface area (Å²) >= 11 is 0. The summed E-state index contributed by atoms with van der Waals surface area (Å²) in [4.78, 5) is 0. The van der Waals surface area contributed by atoms with E-state index in [1.807, 2.05) is 42.5 Å². The summed E-state index contributed by atoms with van der Waals surface area (Å²) in [5, 5.41) is 0. The van der Waals surface area contributed by atoms with Gasteiger partial charge in [0.25, 0.3) is 0 Å². The third kappa shape index (κ3) is 1.75. The van der Waals surface area contributed by atoms with E-state index in [0.717, 1.165) is 11.1 Å². The first kappa shape index (κ1) is 5.18. The monoisotopic (exact) mass is 173 g/mol. The van der Waals surface area contributed by atoms with E-state index in [9.17, 15) is 0 Å². The summed E-state index contributed by atoms with van der Waals surface area (Å²) in [5.41, 5.74) is 2.10. The lowest BCUT2D eigenvalue weighted by molar-refractivity contribution is -0.671. The molecule has 2 aromatic rings. The molecule has 0 aliphatic heterocycles. The lowest BCUT2D eigenvalue weighted by Gasteiger charge is -1.98. The predicted molar refractivity (Wildman–Crippen MR) is 53.1 cm³/mol. The van der Waals surface area contributed by atoms with Crippen LogP contribution in [0.5, 0.6) is 0 Å². The van der Waals surface area contributed by atoms with Crippen molar-refractivity contribution in [2.45, 2.75) is 0 Å². The van der Waals surface area contributed by atoms with E-state index in [0.29, 0.717) is 0 Å². The largest absolute Gasteiger partial charge is 0.208 e. The topological polar surface area (TPSA) is 3.88 Å². The van der Waals surface area contributed by atoms with Crippen molar-refractivity contribution in [2.75, 3.05) is 0 Å². The Morgan fingerprint density at radius 3 is 2.15 bits per heavy atom. The minimum Gasteiger partial charge on any atom is -0.208 e.